The summed E-state index contributed by atoms with van der Waals surface area (Å²) >= 11 is 0. The Bertz CT molecular complexity index is 577. The number of rotatable bonds is 5. The fourth-order valence-corrected chi connectivity index (χ4v) is 2.30. The molecule has 20 heavy (non-hydrogen) atoms. The quantitative estimate of drug-likeness (QED) is 0.879. The van der Waals surface area contributed by atoms with Crippen molar-refractivity contribution in [3.8, 4) is 0 Å². The van der Waals surface area contributed by atoms with Gasteiger partial charge in [-0.3, -0.25) is 4.79 Å². The third-order valence-corrected chi connectivity index (χ3v) is 3.43. The Morgan fingerprint density at radius 1 is 1.30 bits per heavy atom. The van der Waals surface area contributed by atoms with Crippen molar-refractivity contribution in [3.05, 3.63) is 59.4 Å². The average molecular weight is 272 g/mol. The Balaban J connectivity index is 2.26. The fraction of sp³-hybridized carbons (Fsp3) is 0.312. The molecule has 0 unspecified atom stereocenters. The highest BCUT2D eigenvalue weighted by atomic mass is 16.5. The standard InChI is InChI=1S/C16H20N2O2/c1-12-14(9-10-17-12)15(19)18-16(2,11-20-3)13-7-5-4-6-8-13/h4-10,17H,11H2,1-3H3,(H,18,19)/t16-/m0/s1. The summed E-state index contributed by atoms with van der Waals surface area (Å²) < 4.78 is 5.29. The number of nitrogens with one attached hydrogen (secondary N) is 2. The first-order valence-electron chi connectivity index (χ1n) is 6.58. The molecular formula is C16H20N2O2. The zero-order valence-corrected chi connectivity index (χ0v) is 12.1. The van der Waals surface area contributed by atoms with Crippen LogP contribution in [0.5, 0.6) is 0 Å². The molecule has 0 aliphatic rings. The minimum atomic E-state index is -0.559. The molecule has 1 aromatic carbocycles. The number of H-pyrrole nitrogens is 1. The number of aromatic amines is 1. The van der Waals surface area contributed by atoms with E-state index in [1.807, 2.05) is 44.2 Å². The zero-order chi connectivity index (χ0) is 14.6. The molecule has 1 aromatic heterocycles. The lowest BCUT2D eigenvalue weighted by atomic mass is 9.92. The first-order chi connectivity index (χ1) is 9.57. The topological polar surface area (TPSA) is 54.1 Å². The molecular weight excluding hydrogens is 252 g/mol. The van der Waals surface area contributed by atoms with Crippen molar-refractivity contribution in [2.45, 2.75) is 19.4 Å². The van der Waals surface area contributed by atoms with Crippen LogP contribution in [0.4, 0.5) is 0 Å². The van der Waals surface area contributed by atoms with Crippen molar-refractivity contribution in [1.82, 2.24) is 10.3 Å². The van der Waals surface area contributed by atoms with Crippen LogP contribution < -0.4 is 5.32 Å². The van der Waals surface area contributed by atoms with Crippen LogP contribution in [0.3, 0.4) is 0 Å². The van der Waals surface area contributed by atoms with Gasteiger partial charge in [-0.2, -0.15) is 0 Å². The van der Waals surface area contributed by atoms with Gasteiger partial charge < -0.3 is 15.0 Å². The van der Waals surface area contributed by atoms with E-state index in [4.69, 9.17) is 4.74 Å². The molecule has 0 fully saturated rings. The lowest BCUT2D eigenvalue weighted by Gasteiger charge is -2.30. The molecule has 0 radical (unpaired) electrons. The molecule has 0 aliphatic heterocycles. The second-order valence-electron chi connectivity index (χ2n) is 5.10. The van der Waals surface area contributed by atoms with Crippen molar-refractivity contribution in [2.75, 3.05) is 13.7 Å². The normalized spacial score (nSPS) is 13.8. The van der Waals surface area contributed by atoms with E-state index in [0.29, 0.717) is 12.2 Å². The highest BCUT2D eigenvalue weighted by Gasteiger charge is 2.29. The van der Waals surface area contributed by atoms with E-state index in [-0.39, 0.29) is 5.91 Å². The lowest BCUT2D eigenvalue weighted by molar-refractivity contribution is 0.0785. The molecule has 106 valence electrons. The Morgan fingerprint density at radius 3 is 2.55 bits per heavy atom. The number of aromatic nitrogens is 1. The smallest absolute Gasteiger partial charge is 0.253 e. The van der Waals surface area contributed by atoms with E-state index < -0.39 is 5.54 Å². The molecule has 2 rings (SSSR count). The maximum Gasteiger partial charge on any atom is 0.253 e. The van der Waals surface area contributed by atoms with Gasteiger partial charge in [0.15, 0.2) is 0 Å². The SMILES string of the molecule is COC[C@](C)(NC(=O)c1cc[nH]c1C)c1ccccc1. The molecule has 1 heterocycles. The molecule has 0 spiro atoms. The second kappa shape index (κ2) is 5.92. The molecule has 2 N–H and O–H groups in total. The van der Waals surface area contributed by atoms with Gasteiger partial charge in [-0.15, -0.1) is 0 Å². The molecule has 0 saturated heterocycles. The average Bonchev–Trinajstić information content (AvgIpc) is 2.86. The van der Waals surface area contributed by atoms with Gasteiger partial charge in [-0.05, 0) is 25.5 Å². The van der Waals surface area contributed by atoms with E-state index >= 15 is 0 Å². The third-order valence-electron chi connectivity index (χ3n) is 3.43. The Kier molecular flexibility index (Phi) is 4.25. The van der Waals surface area contributed by atoms with Gasteiger partial charge in [0.25, 0.3) is 5.91 Å². The number of carbonyl (C=O) groups is 1. The number of carbonyl (C=O) groups excluding carboxylic acids is 1. The fourth-order valence-electron chi connectivity index (χ4n) is 2.30. The van der Waals surface area contributed by atoms with E-state index in [0.717, 1.165) is 11.3 Å². The Morgan fingerprint density at radius 2 is 2.00 bits per heavy atom. The monoisotopic (exact) mass is 272 g/mol. The minimum absolute atomic E-state index is 0.104. The molecule has 4 heteroatoms. The number of hydrogen-bond donors (Lipinski definition) is 2. The first kappa shape index (κ1) is 14.3. The van der Waals surface area contributed by atoms with Gasteiger partial charge in [0, 0.05) is 19.0 Å². The highest BCUT2D eigenvalue weighted by Crippen LogP contribution is 2.22. The maximum absolute atomic E-state index is 12.4. The minimum Gasteiger partial charge on any atom is -0.382 e. The largest absolute Gasteiger partial charge is 0.382 e. The van der Waals surface area contributed by atoms with Gasteiger partial charge in [-0.25, -0.2) is 0 Å². The summed E-state index contributed by atoms with van der Waals surface area (Å²) in [6.07, 6.45) is 1.76. The van der Waals surface area contributed by atoms with Gasteiger partial charge in [0.1, 0.15) is 0 Å². The van der Waals surface area contributed by atoms with Crippen LogP contribution in [-0.2, 0) is 10.3 Å². The molecule has 0 bridgehead atoms. The van der Waals surface area contributed by atoms with Crippen LogP contribution in [0.15, 0.2) is 42.6 Å². The number of hydrogen-bond acceptors (Lipinski definition) is 2. The molecule has 1 amide bonds. The first-order valence-corrected chi connectivity index (χ1v) is 6.58. The third kappa shape index (κ3) is 2.91. The van der Waals surface area contributed by atoms with Crippen molar-refractivity contribution in [1.29, 1.82) is 0 Å². The Hall–Kier alpha value is -2.07. The van der Waals surface area contributed by atoms with Crippen LogP contribution in [0.25, 0.3) is 0 Å². The van der Waals surface area contributed by atoms with Crippen LogP contribution in [0.1, 0.15) is 28.5 Å². The summed E-state index contributed by atoms with van der Waals surface area (Å²) in [5.41, 5.74) is 1.97. The van der Waals surface area contributed by atoms with Crippen LogP contribution in [0.2, 0.25) is 0 Å². The Labute approximate surface area is 119 Å². The maximum atomic E-state index is 12.4. The van der Waals surface area contributed by atoms with Gasteiger partial charge in [0.05, 0.1) is 17.7 Å². The van der Waals surface area contributed by atoms with E-state index in [9.17, 15) is 4.79 Å². The molecule has 0 saturated carbocycles. The summed E-state index contributed by atoms with van der Waals surface area (Å²) in [5, 5.41) is 3.07. The van der Waals surface area contributed by atoms with Crippen molar-refractivity contribution in [3.63, 3.8) is 0 Å². The van der Waals surface area contributed by atoms with Gasteiger partial charge >= 0.3 is 0 Å². The summed E-state index contributed by atoms with van der Waals surface area (Å²) in [6, 6.07) is 11.6. The van der Waals surface area contributed by atoms with E-state index in [2.05, 4.69) is 10.3 Å². The molecule has 0 aliphatic carbocycles. The molecule has 4 nitrogen and oxygen atoms in total. The molecule has 1 atom stereocenters. The van der Waals surface area contributed by atoms with Gasteiger partial charge in [0.2, 0.25) is 0 Å². The van der Waals surface area contributed by atoms with Crippen LogP contribution in [0, 0.1) is 6.92 Å². The van der Waals surface area contributed by atoms with E-state index in [1.165, 1.54) is 0 Å². The number of amides is 1. The number of aryl methyl sites for hydroxylation is 1. The van der Waals surface area contributed by atoms with Crippen molar-refractivity contribution in [2.24, 2.45) is 0 Å². The predicted octanol–water partition coefficient (Wildman–Crippen LogP) is 2.61. The van der Waals surface area contributed by atoms with E-state index in [1.54, 1.807) is 19.4 Å². The van der Waals surface area contributed by atoms with Crippen molar-refractivity contribution >= 4 is 5.91 Å². The summed E-state index contributed by atoms with van der Waals surface area (Å²) in [5.74, 6) is -0.104. The molecule has 2 aromatic rings. The summed E-state index contributed by atoms with van der Waals surface area (Å²) in [7, 11) is 1.63. The zero-order valence-electron chi connectivity index (χ0n) is 12.1. The van der Waals surface area contributed by atoms with Gasteiger partial charge in [-0.1, -0.05) is 30.3 Å². The van der Waals surface area contributed by atoms with Crippen LogP contribution in [-0.4, -0.2) is 24.6 Å². The van der Waals surface area contributed by atoms with Crippen molar-refractivity contribution < 1.29 is 9.53 Å². The number of methoxy groups -OCH3 is 1. The highest BCUT2D eigenvalue weighted by molar-refractivity contribution is 5.95. The lowest BCUT2D eigenvalue weighted by Crippen LogP contribution is -2.46. The predicted molar refractivity (Wildman–Crippen MR) is 78.7 cm³/mol. The second-order valence-corrected chi connectivity index (χ2v) is 5.10. The summed E-state index contributed by atoms with van der Waals surface area (Å²) in [4.78, 5) is 15.4. The van der Waals surface area contributed by atoms with Crippen LogP contribution >= 0.6 is 0 Å². The summed E-state index contributed by atoms with van der Waals surface area (Å²) in [6.45, 7) is 4.25. The number of ether oxygens (including phenoxy) is 1. The number of benzene rings is 1.